The molecule has 0 amide bonds. The zero-order valence-corrected chi connectivity index (χ0v) is 6.98. The Balaban J connectivity index is 2.43. The molecule has 2 nitrogen and oxygen atoms in total. The van der Waals surface area contributed by atoms with Gasteiger partial charge in [-0.1, -0.05) is 25.7 Å². The van der Waals surface area contributed by atoms with E-state index in [0.717, 1.165) is 25.7 Å². The average Bonchev–Trinajstić information content (AvgIpc) is 2.12. The van der Waals surface area contributed by atoms with Crippen LogP contribution in [0.4, 0.5) is 0 Å². The molecule has 0 spiro atoms. The van der Waals surface area contributed by atoms with Gasteiger partial charge in [-0.3, -0.25) is 0 Å². The molecule has 0 aromatic rings. The van der Waals surface area contributed by atoms with Crippen molar-refractivity contribution in [1.29, 1.82) is 0 Å². The van der Waals surface area contributed by atoms with E-state index in [1.807, 2.05) is 0 Å². The predicted octanol–water partition coefficient (Wildman–Crippen LogP) is 1.32. The van der Waals surface area contributed by atoms with Gasteiger partial charge in [-0.05, 0) is 12.8 Å². The first-order valence-electron chi connectivity index (χ1n) is 3.94. The van der Waals surface area contributed by atoms with E-state index in [4.69, 9.17) is 0 Å². The molecule has 60 valence electrons. The molecule has 0 unspecified atom stereocenters. The SMILES string of the molecule is O=[SH](=O)C1CCCCCC1. The van der Waals surface area contributed by atoms with Crippen LogP contribution in [0.25, 0.3) is 0 Å². The summed E-state index contributed by atoms with van der Waals surface area (Å²) >= 11 is 0. The quantitative estimate of drug-likeness (QED) is 0.466. The Morgan fingerprint density at radius 2 is 1.40 bits per heavy atom. The van der Waals surface area contributed by atoms with Crippen molar-refractivity contribution in [1.82, 2.24) is 0 Å². The van der Waals surface area contributed by atoms with Gasteiger partial charge in [0.25, 0.3) is 0 Å². The van der Waals surface area contributed by atoms with Gasteiger partial charge in [0.15, 0.2) is 0 Å². The standard InChI is InChI=1S/C7H14O2S/c8-10(9)7-5-3-1-2-4-6-7/h7,10H,1-6H2. The Morgan fingerprint density at radius 3 is 1.80 bits per heavy atom. The van der Waals surface area contributed by atoms with Crippen LogP contribution in [-0.2, 0) is 10.7 Å². The number of hydrogen-bond acceptors (Lipinski definition) is 2. The Labute approximate surface area is 63.6 Å². The molecule has 0 heterocycles. The van der Waals surface area contributed by atoms with Crippen LogP contribution in [0, 0.1) is 0 Å². The maximum atomic E-state index is 10.5. The molecule has 0 atom stereocenters. The van der Waals surface area contributed by atoms with Gasteiger partial charge in [0.05, 0.1) is 5.25 Å². The summed E-state index contributed by atoms with van der Waals surface area (Å²) in [6.07, 6.45) is 6.46. The van der Waals surface area contributed by atoms with Crippen LogP contribution in [0.5, 0.6) is 0 Å². The molecule has 0 aromatic carbocycles. The third-order valence-corrected chi connectivity index (χ3v) is 3.24. The van der Waals surface area contributed by atoms with E-state index in [0.29, 0.717) is 0 Å². The van der Waals surface area contributed by atoms with E-state index in [-0.39, 0.29) is 5.25 Å². The highest BCUT2D eigenvalue weighted by molar-refractivity contribution is 7.73. The molecule has 1 aliphatic carbocycles. The fourth-order valence-electron chi connectivity index (χ4n) is 1.47. The van der Waals surface area contributed by atoms with Crippen molar-refractivity contribution in [2.45, 2.75) is 43.8 Å². The molecule has 0 aliphatic heterocycles. The van der Waals surface area contributed by atoms with E-state index >= 15 is 0 Å². The van der Waals surface area contributed by atoms with E-state index in [9.17, 15) is 8.42 Å². The molecule has 1 saturated carbocycles. The van der Waals surface area contributed by atoms with Gasteiger partial charge in [-0.15, -0.1) is 0 Å². The molecule has 0 N–H and O–H groups in total. The van der Waals surface area contributed by atoms with Crippen molar-refractivity contribution in [3.63, 3.8) is 0 Å². The average molecular weight is 162 g/mol. The largest absolute Gasteiger partial charge is 0.232 e. The summed E-state index contributed by atoms with van der Waals surface area (Å²) in [6, 6.07) is 0. The maximum Gasteiger partial charge on any atom is 0.143 e. The number of hydrogen-bond donors (Lipinski definition) is 1. The minimum Gasteiger partial charge on any atom is -0.232 e. The summed E-state index contributed by atoms with van der Waals surface area (Å²) in [6.45, 7) is 0. The van der Waals surface area contributed by atoms with Crippen molar-refractivity contribution in [2.24, 2.45) is 0 Å². The highest BCUT2D eigenvalue weighted by Gasteiger charge is 2.13. The van der Waals surface area contributed by atoms with Crippen molar-refractivity contribution >= 4 is 10.7 Å². The van der Waals surface area contributed by atoms with Gasteiger partial charge in [-0.2, -0.15) is 0 Å². The van der Waals surface area contributed by atoms with Crippen molar-refractivity contribution in [2.75, 3.05) is 0 Å². The lowest BCUT2D eigenvalue weighted by Gasteiger charge is -2.02. The van der Waals surface area contributed by atoms with Crippen LogP contribution in [-0.4, -0.2) is 13.7 Å². The fourth-order valence-corrected chi connectivity index (χ4v) is 2.26. The van der Waals surface area contributed by atoms with Gasteiger partial charge in [0.2, 0.25) is 0 Å². The lowest BCUT2D eigenvalue weighted by Crippen LogP contribution is -2.06. The molecule has 1 fully saturated rings. The second kappa shape index (κ2) is 3.96. The van der Waals surface area contributed by atoms with Crippen molar-refractivity contribution in [3.8, 4) is 0 Å². The van der Waals surface area contributed by atoms with Crippen LogP contribution in [0.2, 0.25) is 0 Å². The zero-order valence-electron chi connectivity index (χ0n) is 6.08. The van der Waals surface area contributed by atoms with Gasteiger partial charge >= 0.3 is 0 Å². The highest BCUT2D eigenvalue weighted by Crippen LogP contribution is 2.18. The first-order chi connectivity index (χ1) is 4.80. The minimum atomic E-state index is -2.14. The monoisotopic (exact) mass is 162 g/mol. The topological polar surface area (TPSA) is 34.1 Å². The Morgan fingerprint density at radius 1 is 0.900 bits per heavy atom. The van der Waals surface area contributed by atoms with Crippen LogP contribution in [0.15, 0.2) is 0 Å². The molecule has 0 aromatic heterocycles. The van der Waals surface area contributed by atoms with E-state index in [1.165, 1.54) is 12.8 Å². The molecule has 1 aliphatic rings. The van der Waals surface area contributed by atoms with Crippen molar-refractivity contribution in [3.05, 3.63) is 0 Å². The summed E-state index contributed by atoms with van der Waals surface area (Å²) in [4.78, 5) is 0. The second-order valence-electron chi connectivity index (χ2n) is 2.93. The normalized spacial score (nSPS) is 22.9. The summed E-state index contributed by atoms with van der Waals surface area (Å²) in [5, 5.41) is -0.00231. The third-order valence-electron chi connectivity index (χ3n) is 2.12. The highest BCUT2D eigenvalue weighted by atomic mass is 32.2. The summed E-state index contributed by atoms with van der Waals surface area (Å²) in [5.41, 5.74) is 0. The van der Waals surface area contributed by atoms with E-state index in [1.54, 1.807) is 0 Å². The van der Waals surface area contributed by atoms with Gasteiger partial charge in [0.1, 0.15) is 10.7 Å². The van der Waals surface area contributed by atoms with Gasteiger partial charge in [-0.25, -0.2) is 8.42 Å². The van der Waals surface area contributed by atoms with Crippen LogP contribution < -0.4 is 0 Å². The van der Waals surface area contributed by atoms with Crippen molar-refractivity contribution < 1.29 is 8.42 Å². The molecule has 3 heteroatoms. The first kappa shape index (κ1) is 8.05. The van der Waals surface area contributed by atoms with Crippen LogP contribution >= 0.6 is 0 Å². The Kier molecular flexibility index (Phi) is 3.19. The van der Waals surface area contributed by atoms with E-state index in [2.05, 4.69) is 0 Å². The Bertz CT molecular complexity index is 147. The lowest BCUT2D eigenvalue weighted by molar-refractivity contribution is 0.583. The third kappa shape index (κ3) is 2.29. The molecule has 0 saturated heterocycles. The zero-order chi connectivity index (χ0) is 7.40. The maximum absolute atomic E-state index is 10.5. The van der Waals surface area contributed by atoms with Crippen LogP contribution in [0.1, 0.15) is 38.5 Å². The molecular weight excluding hydrogens is 148 g/mol. The molecule has 0 bridgehead atoms. The smallest absolute Gasteiger partial charge is 0.143 e. The molecular formula is C7H14O2S. The summed E-state index contributed by atoms with van der Waals surface area (Å²) < 4.78 is 21.1. The van der Waals surface area contributed by atoms with Gasteiger partial charge < -0.3 is 0 Å². The predicted molar refractivity (Wildman–Crippen MR) is 41.8 cm³/mol. The number of thiol groups is 1. The van der Waals surface area contributed by atoms with E-state index < -0.39 is 10.7 Å². The fraction of sp³-hybridized carbons (Fsp3) is 1.00. The Hall–Kier alpha value is -0.0500. The second-order valence-corrected chi connectivity index (χ2v) is 4.23. The minimum absolute atomic E-state index is 0.00231. The van der Waals surface area contributed by atoms with Gasteiger partial charge in [0, 0.05) is 0 Å². The first-order valence-corrected chi connectivity index (χ1v) is 5.19. The van der Waals surface area contributed by atoms with Crippen LogP contribution in [0.3, 0.4) is 0 Å². The molecule has 1 rings (SSSR count). The lowest BCUT2D eigenvalue weighted by atomic mass is 10.2. The molecule has 0 radical (unpaired) electrons. The summed E-state index contributed by atoms with van der Waals surface area (Å²) in [5.74, 6) is 0. The number of rotatable bonds is 1. The summed E-state index contributed by atoms with van der Waals surface area (Å²) in [7, 11) is -2.14. The molecule has 10 heavy (non-hydrogen) atoms.